The number of fused-ring (bicyclic) bond motifs is 3. The van der Waals surface area contributed by atoms with Gasteiger partial charge in [0, 0.05) is 49.2 Å². The van der Waals surface area contributed by atoms with Crippen molar-refractivity contribution >= 4 is 40.3 Å². The molecule has 182 valence electrons. The van der Waals surface area contributed by atoms with Crippen LogP contribution in [0.25, 0.3) is 22.3 Å². The van der Waals surface area contributed by atoms with Crippen LogP contribution in [-0.2, 0) is 16.9 Å². The minimum Gasteiger partial charge on any atom is -0.323 e. The van der Waals surface area contributed by atoms with Crippen LogP contribution in [0.4, 0.5) is 22.1 Å². The fourth-order valence-electron chi connectivity index (χ4n) is 4.17. The summed E-state index contributed by atoms with van der Waals surface area (Å²) < 4.78 is 0. The fraction of sp³-hybridized carbons (Fsp3) is 0.231. The largest absolute Gasteiger partial charge is 0.329 e. The van der Waals surface area contributed by atoms with Gasteiger partial charge >= 0.3 is 6.03 Å². The lowest BCUT2D eigenvalue weighted by Crippen LogP contribution is -2.42. The highest BCUT2D eigenvalue weighted by Gasteiger charge is 2.32. The zero-order valence-corrected chi connectivity index (χ0v) is 20.5. The van der Waals surface area contributed by atoms with Crippen LogP contribution in [0.15, 0.2) is 55.0 Å². The molecule has 1 aliphatic heterocycles. The molecule has 0 spiro atoms. The number of anilines is 3. The van der Waals surface area contributed by atoms with E-state index in [4.69, 9.17) is 10.7 Å². The van der Waals surface area contributed by atoms with Gasteiger partial charge in [0.15, 0.2) is 0 Å². The van der Waals surface area contributed by atoms with Crippen LogP contribution in [0.5, 0.6) is 0 Å². The number of rotatable bonds is 4. The van der Waals surface area contributed by atoms with Gasteiger partial charge in [0.25, 0.3) is 0 Å². The summed E-state index contributed by atoms with van der Waals surface area (Å²) in [5.74, 6) is -0.0305. The second-order valence-electron chi connectivity index (χ2n) is 9.42. The van der Waals surface area contributed by atoms with Crippen molar-refractivity contribution in [2.24, 2.45) is 5.73 Å². The number of nitrogens with two attached hydrogens (primary N) is 1. The second kappa shape index (κ2) is 8.65. The molecule has 0 radical (unpaired) electrons. The van der Waals surface area contributed by atoms with Crippen molar-refractivity contribution in [3.05, 3.63) is 66.1 Å². The molecule has 4 heterocycles. The molecule has 3 N–H and O–H groups in total. The Morgan fingerprint density at radius 3 is 2.36 bits per heavy atom. The predicted octanol–water partition coefficient (Wildman–Crippen LogP) is 3.94. The molecule has 5 rings (SSSR count). The summed E-state index contributed by atoms with van der Waals surface area (Å²) >= 11 is 0. The van der Waals surface area contributed by atoms with Crippen molar-refractivity contribution in [3.63, 3.8) is 0 Å². The number of benzene rings is 1. The number of nitrogens with zero attached hydrogens (tertiary/aromatic N) is 6. The standard InChI is InChI=1S/C26H26N8O2/c1-15(35)31-24-29-11-16(12-30-24)20-9-10-21-22(32-20)23-17(13-28-21)14-33(4)25(36)34(23)19-7-5-18(6-8-19)26(2,3)27/h5-13H,14,27H2,1-4H3,(H,29,30,31,35). The highest BCUT2D eigenvalue weighted by atomic mass is 16.2. The number of pyridine rings is 2. The van der Waals surface area contributed by atoms with Gasteiger partial charge in [0.2, 0.25) is 11.9 Å². The molecular weight excluding hydrogens is 456 g/mol. The Morgan fingerprint density at radius 1 is 1.03 bits per heavy atom. The zero-order chi connectivity index (χ0) is 25.6. The Labute approximate surface area is 208 Å². The van der Waals surface area contributed by atoms with E-state index in [0.717, 1.165) is 11.1 Å². The van der Waals surface area contributed by atoms with Crippen LogP contribution >= 0.6 is 0 Å². The summed E-state index contributed by atoms with van der Waals surface area (Å²) in [6, 6.07) is 11.2. The van der Waals surface area contributed by atoms with Gasteiger partial charge in [0.1, 0.15) is 5.52 Å². The normalized spacial score (nSPS) is 13.6. The fourth-order valence-corrected chi connectivity index (χ4v) is 4.17. The maximum atomic E-state index is 13.4. The Balaban J connectivity index is 1.63. The molecule has 4 aromatic rings. The summed E-state index contributed by atoms with van der Waals surface area (Å²) in [6.07, 6.45) is 4.98. The average Bonchev–Trinajstić information content (AvgIpc) is 2.84. The van der Waals surface area contributed by atoms with E-state index in [-0.39, 0.29) is 17.9 Å². The van der Waals surface area contributed by atoms with E-state index < -0.39 is 5.54 Å². The summed E-state index contributed by atoms with van der Waals surface area (Å²) in [5.41, 5.74) is 11.6. The van der Waals surface area contributed by atoms with Gasteiger partial charge < -0.3 is 10.6 Å². The summed E-state index contributed by atoms with van der Waals surface area (Å²) in [5, 5.41) is 2.55. The maximum absolute atomic E-state index is 13.4. The number of amides is 3. The van der Waals surface area contributed by atoms with E-state index in [2.05, 4.69) is 20.3 Å². The Morgan fingerprint density at radius 2 is 1.72 bits per heavy atom. The van der Waals surface area contributed by atoms with Gasteiger partial charge in [-0.1, -0.05) is 12.1 Å². The van der Waals surface area contributed by atoms with Crippen molar-refractivity contribution in [1.29, 1.82) is 0 Å². The minimum atomic E-state index is -0.496. The lowest BCUT2D eigenvalue weighted by Gasteiger charge is -2.35. The lowest BCUT2D eigenvalue weighted by molar-refractivity contribution is -0.114. The Bertz CT molecular complexity index is 1480. The van der Waals surface area contributed by atoms with Crippen molar-refractivity contribution in [2.75, 3.05) is 17.3 Å². The molecule has 0 saturated carbocycles. The van der Waals surface area contributed by atoms with Gasteiger partial charge in [-0.3, -0.25) is 20.0 Å². The highest BCUT2D eigenvalue weighted by Crippen LogP contribution is 2.39. The van der Waals surface area contributed by atoms with Crippen LogP contribution in [0.3, 0.4) is 0 Å². The third-order valence-corrected chi connectivity index (χ3v) is 6.02. The zero-order valence-electron chi connectivity index (χ0n) is 20.5. The van der Waals surface area contributed by atoms with E-state index in [9.17, 15) is 9.59 Å². The molecule has 36 heavy (non-hydrogen) atoms. The van der Waals surface area contributed by atoms with E-state index in [0.29, 0.717) is 40.2 Å². The first-order valence-corrected chi connectivity index (χ1v) is 11.4. The number of aromatic nitrogens is 4. The van der Waals surface area contributed by atoms with Gasteiger partial charge in [-0.15, -0.1) is 0 Å². The number of hydrogen-bond donors (Lipinski definition) is 2. The number of urea groups is 1. The molecular formula is C26H26N8O2. The summed E-state index contributed by atoms with van der Waals surface area (Å²) in [4.78, 5) is 45.9. The Hall–Kier alpha value is -4.44. The van der Waals surface area contributed by atoms with Crippen LogP contribution in [0.1, 0.15) is 31.9 Å². The molecule has 0 saturated heterocycles. The third-order valence-electron chi connectivity index (χ3n) is 6.02. The number of hydrogen-bond acceptors (Lipinski definition) is 7. The van der Waals surface area contributed by atoms with Crippen LogP contribution in [-0.4, -0.2) is 43.8 Å². The molecule has 0 aliphatic carbocycles. The van der Waals surface area contributed by atoms with Crippen LogP contribution in [0, 0.1) is 0 Å². The van der Waals surface area contributed by atoms with Gasteiger partial charge in [-0.05, 0) is 43.7 Å². The third kappa shape index (κ3) is 4.22. The first kappa shape index (κ1) is 23.3. The number of carbonyl (C=O) groups is 2. The minimum absolute atomic E-state index is 0.162. The van der Waals surface area contributed by atoms with E-state index in [1.165, 1.54) is 6.92 Å². The lowest BCUT2D eigenvalue weighted by atomic mass is 9.95. The summed E-state index contributed by atoms with van der Waals surface area (Å²) in [6.45, 7) is 5.69. The molecule has 10 heteroatoms. The van der Waals surface area contributed by atoms with Crippen LogP contribution in [0.2, 0.25) is 0 Å². The first-order valence-electron chi connectivity index (χ1n) is 11.4. The first-order chi connectivity index (χ1) is 17.1. The van der Waals surface area contributed by atoms with Crippen molar-refractivity contribution in [3.8, 4) is 11.3 Å². The molecule has 1 aromatic carbocycles. The van der Waals surface area contributed by atoms with Gasteiger partial charge in [0.05, 0.1) is 29.1 Å². The average molecular weight is 483 g/mol. The number of carbonyl (C=O) groups excluding carboxylic acids is 2. The molecule has 0 unspecified atom stereocenters. The molecule has 10 nitrogen and oxygen atoms in total. The van der Waals surface area contributed by atoms with Crippen molar-refractivity contribution in [2.45, 2.75) is 32.9 Å². The SMILES string of the molecule is CC(=O)Nc1ncc(-c2ccc3ncc4c(c3n2)N(c2ccc(C(C)(C)N)cc2)C(=O)N(C)C4)cn1. The number of nitrogens with one attached hydrogen (secondary N) is 1. The monoisotopic (exact) mass is 482 g/mol. The summed E-state index contributed by atoms with van der Waals surface area (Å²) in [7, 11) is 1.76. The van der Waals surface area contributed by atoms with E-state index in [1.807, 2.05) is 50.2 Å². The molecule has 0 fully saturated rings. The van der Waals surface area contributed by atoms with Gasteiger partial charge in [-0.2, -0.15) is 0 Å². The maximum Gasteiger partial charge on any atom is 0.329 e. The van der Waals surface area contributed by atoms with E-state index >= 15 is 0 Å². The quantitative estimate of drug-likeness (QED) is 0.450. The molecule has 0 atom stereocenters. The Kier molecular flexibility index (Phi) is 5.60. The predicted molar refractivity (Wildman–Crippen MR) is 138 cm³/mol. The smallest absolute Gasteiger partial charge is 0.323 e. The van der Waals surface area contributed by atoms with Gasteiger partial charge in [-0.25, -0.2) is 19.7 Å². The van der Waals surface area contributed by atoms with Crippen molar-refractivity contribution in [1.82, 2.24) is 24.8 Å². The topological polar surface area (TPSA) is 130 Å². The van der Waals surface area contributed by atoms with Crippen LogP contribution < -0.4 is 16.0 Å². The van der Waals surface area contributed by atoms with E-state index in [1.54, 1.807) is 35.4 Å². The molecule has 1 aliphatic rings. The van der Waals surface area contributed by atoms with Crippen molar-refractivity contribution < 1.29 is 9.59 Å². The second-order valence-corrected chi connectivity index (χ2v) is 9.42. The highest BCUT2D eigenvalue weighted by molar-refractivity contribution is 6.08. The molecule has 3 aromatic heterocycles. The molecule has 3 amide bonds. The molecule has 0 bridgehead atoms.